The van der Waals surface area contributed by atoms with Gasteiger partial charge in [-0.3, -0.25) is 4.79 Å². The molecule has 11 heteroatoms. The molecule has 3 heterocycles. The third-order valence-electron chi connectivity index (χ3n) is 6.45. The van der Waals surface area contributed by atoms with Crippen molar-refractivity contribution in [3.8, 4) is 0 Å². The summed E-state index contributed by atoms with van der Waals surface area (Å²) in [6, 6.07) is 15.1. The zero-order chi connectivity index (χ0) is 26.4. The lowest BCUT2D eigenvalue weighted by molar-refractivity contribution is -0.164. The van der Waals surface area contributed by atoms with Gasteiger partial charge in [-0.2, -0.15) is 4.98 Å². The first-order chi connectivity index (χ1) is 17.5. The molecule has 2 fully saturated rings. The molecule has 10 nitrogen and oxygen atoms in total. The predicted octanol–water partition coefficient (Wildman–Crippen LogP) is 3.54. The summed E-state index contributed by atoms with van der Waals surface area (Å²) in [4.78, 5) is 18.9. The van der Waals surface area contributed by atoms with Crippen LogP contribution in [-0.4, -0.2) is 50.0 Å². The van der Waals surface area contributed by atoms with Crippen molar-refractivity contribution in [2.45, 2.75) is 63.2 Å². The maximum absolute atomic E-state index is 13.2. The number of sulfonamides is 1. The molecular formula is C26H29N3O7S. The first kappa shape index (κ1) is 25.4. The van der Waals surface area contributed by atoms with Crippen molar-refractivity contribution < 1.29 is 31.8 Å². The first-order valence-corrected chi connectivity index (χ1v) is 13.4. The van der Waals surface area contributed by atoms with Crippen molar-refractivity contribution in [1.29, 1.82) is 0 Å². The first-order valence-electron chi connectivity index (χ1n) is 11.9. The summed E-state index contributed by atoms with van der Waals surface area (Å²) in [5, 5.41) is 0. The van der Waals surface area contributed by atoms with E-state index in [2.05, 4.69) is 9.71 Å². The molecule has 2 aliphatic heterocycles. The number of nitrogens with zero attached hydrogens (tertiary/aromatic N) is 2. The summed E-state index contributed by atoms with van der Waals surface area (Å²) in [7, 11) is -3.94. The lowest BCUT2D eigenvalue weighted by Gasteiger charge is -2.48. The molecule has 196 valence electrons. The summed E-state index contributed by atoms with van der Waals surface area (Å²) >= 11 is 0. The van der Waals surface area contributed by atoms with Crippen molar-refractivity contribution in [3.63, 3.8) is 0 Å². The SMILES string of the molecule is Cc1nc(NS(=O)(=O)c2ccc(N3C(=O)C(OCc4ccccc4)C3[C@H]3COC(C)(C)O3)cc2)oc1C. The van der Waals surface area contributed by atoms with Gasteiger partial charge in [-0.05, 0) is 57.5 Å². The Balaban J connectivity index is 1.35. The fraction of sp³-hybridized carbons (Fsp3) is 0.385. The molecule has 3 aromatic rings. The number of anilines is 2. The standard InChI is InChI=1S/C26H29N3O7S/c1-16-17(2)35-25(27-16)28-37(31,32)20-12-10-19(11-13-20)29-22(21-15-34-26(3,4)36-21)23(24(29)30)33-14-18-8-6-5-7-9-18/h5-13,21-23H,14-15H2,1-4H3,(H,27,28)/t21-,22?,23?/m1/s1. The summed E-state index contributed by atoms with van der Waals surface area (Å²) in [5.74, 6) is -0.478. The molecule has 1 N–H and O–H groups in total. The number of ether oxygens (including phenoxy) is 3. The molecule has 2 unspecified atom stereocenters. The number of hydrogen-bond acceptors (Lipinski definition) is 8. The van der Waals surface area contributed by atoms with Crippen LogP contribution in [0.2, 0.25) is 0 Å². The van der Waals surface area contributed by atoms with Crippen LogP contribution in [0.3, 0.4) is 0 Å². The number of β-lactam (4-membered cyclic amide) rings is 1. The van der Waals surface area contributed by atoms with Gasteiger partial charge in [-0.25, -0.2) is 13.1 Å². The van der Waals surface area contributed by atoms with Crippen LogP contribution in [0.5, 0.6) is 0 Å². The van der Waals surface area contributed by atoms with E-state index in [-0.39, 0.29) is 23.4 Å². The number of oxazole rings is 1. The van der Waals surface area contributed by atoms with E-state index in [1.54, 1.807) is 30.9 Å². The van der Waals surface area contributed by atoms with Crippen LogP contribution in [0.15, 0.2) is 63.9 Å². The van der Waals surface area contributed by atoms with E-state index in [9.17, 15) is 13.2 Å². The highest BCUT2D eigenvalue weighted by Crippen LogP contribution is 2.38. The van der Waals surface area contributed by atoms with Gasteiger partial charge >= 0.3 is 6.01 Å². The van der Waals surface area contributed by atoms with Crippen LogP contribution in [0.25, 0.3) is 0 Å². The van der Waals surface area contributed by atoms with E-state index in [1.807, 2.05) is 44.2 Å². The normalized spacial score (nSPS) is 23.2. The number of amides is 1. The molecule has 2 saturated heterocycles. The van der Waals surface area contributed by atoms with Gasteiger partial charge in [0.05, 0.1) is 23.8 Å². The maximum atomic E-state index is 13.2. The topological polar surface area (TPSA) is 120 Å². The van der Waals surface area contributed by atoms with E-state index in [1.165, 1.54) is 12.1 Å². The van der Waals surface area contributed by atoms with Crippen molar-refractivity contribution in [2.24, 2.45) is 0 Å². The average Bonchev–Trinajstić information content (AvgIpc) is 3.37. The van der Waals surface area contributed by atoms with Gasteiger partial charge in [0.25, 0.3) is 15.9 Å². The fourth-order valence-corrected chi connectivity index (χ4v) is 5.36. The van der Waals surface area contributed by atoms with Crippen LogP contribution >= 0.6 is 0 Å². The quantitative estimate of drug-likeness (QED) is 0.442. The van der Waals surface area contributed by atoms with Gasteiger partial charge in [0, 0.05) is 5.69 Å². The highest BCUT2D eigenvalue weighted by atomic mass is 32.2. The summed E-state index contributed by atoms with van der Waals surface area (Å²) in [5.41, 5.74) is 2.08. The number of rotatable bonds is 8. The Morgan fingerprint density at radius 3 is 2.41 bits per heavy atom. The Bertz CT molecular complexity index is 1370. The molecule has 0 radical (unpaired) electrons. The summed E-state index contributed by atoms with van der Waals surface area (Å²) < 4.78 is 51.2. The van der Waals surface area contributed by atoms with Crippen LogP contribution in [0.4, 0.5) is 11.7 Å². The Kier molecular flexibility index (Phi) is 6.57. The van der Waals surface area contributed by atoms with Crippen LogP contribution < -0.4 is 9.62 Å². The van der Waals surface area contributed by atoms with E-state index < -0.39 is 34.1 Å². The van der Waals surface area contributed by atoms with E-state index >= 15 is 0 Å². The monoisotopic (exact) mass is 527 g/mol. The van der Waals surface area contributed by atoms with Gasteiger partial charge in [-0.15, -0.1) is 0 Å². The predicted molar refractivity (Wildman–Crippen MR) is 134 cm³/mol. The zero-order valence-corrected chi connectivity index (χ0v) is 21.8. The van der Waals surface area contributed by atoms with Gasteiger partial charge in [-0.1, -0.05) is 30.3 Å². The van der Waals surface area contributed by atoms with E-state index in [0.717, 1.165) is 5.56 Å². The van der Waals surface area contributed by atoms with Crippen LogP contribution in [0, 0.1) is 13.8 Å². The van der Waals surface area contributed by atoms with Gasteiger partial charge in [0.1, 0.15) is 17.9 Å². The second kappa shape index (κ2) is 9.56. The molecule has 2 aromatic carbocycles. The molecule has 5 rings (SSSR count). The Hall–Kier alpha value is -3.25. The molecule has 0 bridgehead atoms. The number of carbonyl (C=O) groups is 1. The second-order valence-electron chi connectivity index (χ2n) is 9.54. The Morgan fingerprint density at radius 2 is 1.81 bits per heavy atom. The highest BCUT2D eigenvalue weighted by Gasteiger charge is 2.56. The molecule has 0 aliphatic carbocycles. The van der Waals surface area contributed by atoms with E-state index in [0.29, 0.717) is 23.7 Å². The fourth-order valence-electron chi connectivity index (χ4n) is 4.43. The molecule has 0 spiro atoms. The minimum atomic E-state index is -3.94. The van der Waals surface area contributed by atoms with Gasteiger partial charge < -0.3 is 23.5 Å². The molecular weight excluding hydrogens is 498 g/mol. The number of aryl methyl sites for hydroxylation is 2. The molecule has 0 saturated carbocycles. The molecule has 3 atom stereocenters. The largest absolute Gasteiger partial charge is 0.428 e. The lowest BCUT2D eigenvalue weighted by atomic mass is 9.91. The minimum Gasteiger partial charge on any atom is -0.428 e. The lowest BCUT2D eigenvalue weighted by Crippen LogP contribution is -2.70. The molecule has 37 heavy (non-hydrogen) atoms. The number of hydrogen-bond donors (Lipinski definition) is 1. The van der Waals surface area contributed by atoms with Crippen molar-refractivity contribution in [1.82, 2.24) is 4.98 Å². The van der Waals surface area contributed by atoms with Crippen LogP contribution in [-0.2, 0) is 35.6 Å². The number of nitrogens with one attached hydrogen (secondary N) is 1. The maximum Gasteiger partial charge on any atom is 0.309 e. The van der Waals surface area contributed by atoms with Crippen molar-refractivity contribution in [2.75, 3.05) is 16.2 Å². The third kappa shape index (κ3) is 5.12. The van der Waals surface area contributed by atoms with E-state index in [4.69, 9.17) is 18.6 Å². The highest BCUT2D eigenvalue weighted by molar-refractivity contribution is 7.92. The molecule has 1 amide bonds. The third-order valence-corrected chi connectivity index (χ3v) is 7.78. The van der Waals surface area contributed by atoms with Crippen molar-refractivity contribution >= 4 is 27.6 Å². The number of benzene rings is 2. The van der Waals surface area contributed by atoms with Crippen molar-refractivity contribution in [3.05, 3.63) is 71.6 Å². The number of aromatic nitrogens is 1. The second-order valence-corrected chi connectivity index (χ2v) is 11.2. The minimum absolute atomic E-state index is 0.00717. The van der Waals surface area contributed by atoms with Crippen LogP contribution in [0.1, 0.15) is 30.9 Å². The smallest absolute Gasteiger partial charge is 0.309 e. The summed E-state index contributed by atoms with van der Waals surface area (Å²) in [6.45, 7) is 7.65. The zero-order valence-electron chi connectivity index (χ0n) is 21.0. The Labute approximate surface area is 215 Å². The summed E-state index contributed by atoms with van der Waals surface area (Å²) in [6.07, 6.45) is -1.13. The van der Waals surface area contributed by atoms with Gasteiger partial charge in [0.15, 0.2) is 11.9 Å². The van der Waals surface area contributed by atoms with Gasteiger partial charge in [0.2, 0.25) is 0 Å². The average molecular weight is 528 g/mol. The Morgan fingerprint density at radius 1 is 1.11 bits per heavy atom. The molecule has 2 aliphatic rings. The molecule has 1 aromatic heterocycles. The number of carbonyl (C=O) groups excluding carboxylic acids is 1.